The predicted molar refractivity (Wildman–Crippen MR) is 61.9 cm³/mol. The number of aliphatic hydroxyl groups excluding tert-OH is 1. The number of nitrogens with zero attached hydrogens (tertiary/aromatic N) is 2. The lowest BCUT2D eigenvalue weighted by Crippen LogP contribution is -2.04. The highest BCUT2D eigenvalue weighted by Gasteiger charge is 2.16. The molecule has 16 heavy (non-hydrogen) atoms. The number of rotatable bonds is 4. The molecule has 0 aliphatic heterocycles. The van der Waals surface area contributed by atoms with Gasteiger partial charge in [-0.05, 0) is 18.1 Å². The van der Waals surface area contributed by atoms with Crippen molar-refractivity contribution in [2.45, 2.75) is 19.8 Å². The molecule has 0 atom stereocenters. The lowest BCUT2D eigenvalue weighted by Gasteiger charge is -2.06. The number of hydrogen-bond acceptors (Lipinski definition) is 3. The van der Waals surface area contributed by atoms with Crippen molar-refractivity contribution in [2.24, 2.45) is 0 Å². The molecule has 2 aromatic heterocycles. The van der Waals surface area contributed by atoms with Crippen molar-refractivity contribution in [3.63, 3.8) is 0 Å². The molecule has 1 N–H and O–H groups in total. The van der Waals surface area contributed by atoms with E-state index >= 15 is 0 Å². The topological polar surface area (TPSA) is 46.8 Å². The number of aromatic nitrogens is 2. The van der Waals surface area contributed by atoms with Gasteiger partial charge in [-0.25, -0.2) is 4.52 Å². The first-order valence-corrected chi connectivity index (χ1v) is 5.45. The third-order valence-electron chi connectivity index (χ3n) is 2.45. The van der Waals surface area contributed by atoms with Crippen LogP contribution in [-0.4, -0.2) is 27.9 Å². The lowest BCUT2D eigenvalue weighted by atomic mass is 10.0. The number of fused-ring (bicyclic) bond motifs is 1. The Morgan fingerprint density at radius 3 is 2.94 bits per heavy atom. The molecule has 0 spiro atoms. The standard InChI is InChI=1S/C12H16N2O2/c1-9(2)11-10-5-3-4-6-14(10)13-12(11)16-8-7-15/h3-6,9,15H,7-8H2,1-2H3. The molecule has 0 radical (unpaired) electrons. The SMILES string of the molecule is CC(C)c1c(OCCO)nn2ccccc12. The van der Waals surface area contributed by atoms with E-state index in [0.717, 1.165) is 11.1 Å². The van der Waals surface area contributed by atoms with Crippen LogP contribution < -0.4 is 4.74 Å². The second-order valence-electron chi connectivity index (χ2n) is 3.98. The molecule has 0 saturated heterocycles. The molecule has 0 saturated carbocycles. The van der Waals surface area contributed by atoms with Crippen molar-refractivity contribution >= 4 is 5.52 Å². The summed E-state index contributed by atoms with van der Waals surface area (Å²) >= 11 is 0. The van der Waals surface area contributed by atoms with Gasteiger partial charge in [-0.15, -0.1) is 5.10 Å². The smallest absolute Gasteiger partial charge is 0.237 e. The van der Waals surface area contributed by atoms with Crippen LogP contribution in [0.4, 0.5) is 0 Å². The third-order valence-corrected chi connectivity index (χ3v) is 2.45. The van der Waals surface area contributed by atoms with Crippen molar-refractivity contribution in [3.8, 4) is 5.88 Å². The molecule has 0 aliphatic rings. The Bertz CT molecular complexity index is 477. The maximum absolute atomic E-state index is 8.77. The molecule has 0 bridgehead atoms. The summed E-state index contributed by atoms with van der Waals surface area (Å²) in [4.78, 5) is 0. The molecular weight excluding hydrogens is 204 g/mol. The molecule has 4 heteroatoms. The Morgan fingerprint density at radius 2 is 2.25 bits per heavy atom. The van der Waals surface area contributed by atoms with Crippen LogP contribution in [0.2, 0.25) is 0 Å². The summed E-state index contributed by atoms with van der Waals surface area (Å²) in [6, 6.07) is 5.94. The summed E-state index contributed by atoms with van der Waals surface area (Å²) in [7, 11) is 0. The molecule has 2 heterocycles. The maximum Gasteiger partial charge on any atom is 0.237 e. The van der Waals surface area contributed by atoms with Crippen molar-refractivity contribution in [2.75, 3.05) is 13.2 Å². The van der Waals surface area contributed by atoms with Gasteiger partial charge in [-0.1, -0.05) is 19.9 Å². The zero-order chi connectivity index (χ0) is 11.5. The first-order chi connectivity index (χ1) is 7.74. The number of pyridine rings is 1. The van der Waals surface area contributed by atoms with E-state index in [1.165, 1.54) is 0 Å². The average Bonchev–Trinajstić information content (AvgIpc) is 2.64. The van der Waals surface area contributed by atoms with Gasteiger partial charge in [0, 0.05) is 11.8 Å². The molecule has 0 fully saturated rings. The summed E-state index contributed by atoms with van der Waals surface area (Å²) in [6.45, 7) is 4.50. The molecular formula is C12H16N2O2. The van der Waals surface area contributed by atoms with Crippen molar-refractivity contribution < 1.29 is 9.84 Å². The van der Waals surface area contributed by atoms with Gasteiger partial charge in [0.25, 0.3) is 0 Å². The minimum atomic E-state index is 0.00536. The van der Waals surface area contributed by atoms with E-state index in [4.69, 9.17) is 9.84 Å². The van der Waals surface area contributed by atoms with E-state index in [1.807, 2.05) is 28.9 Å². The Kier molecular flexibility index (Phi) is 3.10. The Balaban J connectivity index is 2.50. The van der Waals surface area contributed by atoms with Crippen molar-refractivity contribution in [1.29, 1.82) is 0 Å². The molecule has 0 aliphatic carbocycles. The molecule has 0 amide bonds. The second-order valence-corrected chi connectivity index (χ2v) is 3.98. The fourth-order valence-corrected chi connectivity index (χ4v) is 1.79. The van der Waals surface area contributed by atoms with Crippen LogP contribution in [0.15, 0.2) is 24.4 Å². The molecule has 2 aromatic rings. The van der Waals surface area contributed by atoms with Crippen LogP contribution in [0.3, 0.4) is 0 Å². The summed E-state index contributed by atoms with van der Waals surface area (Å²) in [5.41, 5.74) is 2.15. The molecule has 4 nitrogen and oxygen atoms in total. The Hall–Kier alpha value is -1.55. The average molecular weight is 220 g/mol. The predicted octanol–water partition coefficient (Wildman–Crippen LogP) is 1.83. The zero-order valence-electron chi connectivity index (χ0n) is 9.55. The van der Waals surface area contributed by atoms with Gasteiger partial charge in [0.2, 0.25) is 5.88 Å². The van der Waals surface area contributed by atoms with Gasteiger partial charge in [0.15, 0.2) is 0 Å². The fraction of sp³-hybridized carbons (Fsp3) is 0.417. The highest BCUT2D eigenvalue weighted by Crippen LogP contribution is 2.29. The molecule has 86 valence electrons. The second kappa shape index (κ2) is 4.53. The van der Waals surface area contributed by atoms with E-state index in [2.05, 4.69) is 18.9 Å². The Labute approximate surface area is 94.5 Å². The summed E-state index contributed by atoms with van der Waals surface area (Å²) in [5, 5.41) is 13.1. The van der Waals surface area contributed by atoms with Crippen LogP contribution in [0.25, 0.3) is 5.52 Å². The van der Waals surface area contributed by atoms with Crippen LogP contribution in [0.1, 0.15) is 25.3 Å². The summed E-state index contributed by atoms with van der Waals surface area (Å²) in [5.74, 6) is 0.962. The highest BCUT2D eigenvalue weighted by atomic mass is 16.5. The fourth-order valence-electron chi connectivity index (χ4n) is 1.79. The number of hydrogen-bond donors (Lipinski definition) is 1. The lowest BCUT2D eigenvalue weighted by molar-refractivity contribution is 0.195. The van der Waals surface area contributed by atoms with E-state index in [-0.39, 0.29) is 13.2 Å². The van der Waals surface area contributed by atoms with E-state index in [1.54, 1.807) is 0 Å². The Morgan fingerprint density at radius 1 is 1.44 bits per heavy atom. The van der Waals surface area contributed by atoms with Gasteiger partial charge < -0.3 is 9.84 Å². The summed E-state index contributed by atoms with van der Waals surface area (Å²) < 4.78 is 7.26. The van der Waals surface area contributed by atoms with Crippen LogP contribution in [0, 0.1) is 0 Å². The monoisotopic (exact) mass is 220 g/mol. The quantitative estimate of drug-likeness (QED) is 0.855. The van der Waals surface area contributed by atoms with E-state index < -0.39 is 0 Å². The molecule has 0 unspecified atom stereocenters. The summed E-state index contributed by atoms with van der Waals surface area (Å²) in [6.07, 6.45) is 1.90. The minimum Gasteiger partial charge on any atom is -0.474 e. The van der Waals surface area contributed by atoms with Gasteiger partial charge in [0.05, 0.1) is 12.1 Å². The van der Waals surface area contributed by atoms with Crippen molar-refractivity contribution in [3.05, 3.63) is 30.0 Å². The minimum absolute atomic E-state index is 0.00536. The van der Waals surface area contributed by atoms with Gasteiger partial charge in [0.1, 0.15) is 6.61 Å². The van der Waals surface area contributed by atoms with Crippen LogP contribution in [-0.2, 0) is 0 Å². The first kappa shape index (κ1) is 11.0. The van der Waals surface area contributed by atoms with Crippen LogP contribution in [0.5, 0.6) is 5.88 Å². The molecule has 2 rings (SSSR count). The van der Waals surface area contributed by atoms with Crippen molar-refractivity contribution in [1.82, 2.24) is 9.61 Å². The van der Waals surface area contributed by atoms with E-state index in [9.17, 15) is 0 Å². The van der Waals surface area contributed by atoms with Gasteiger partial charge in [-0.3, -0.25) is 0 Å². The largest absolute Gasteiger partial charge is 0.474 e. The zero-order valence-corrected chi connectivity index (χ0v) is 9.55. The number of ether oxygens (including phenoxy) is 1. The normalized spacial score (nSPS) is 11.2. The third kappa shape index (κ3) is 1.88. The number of aliphatic hydroxyl groups is 1. The van der Waals surface area contributed by atoms with Gasteiger partial charge in [-0.2, -0.15) is 0 Å². The highest BCUT2D eigenvalue weighted by molar-refractivity contribution is 5.60. The van der Waals surface area contributed by atoms with E-state index in [0.29, 0.717) is 11.8 Å². The first-order valence-electron chi connectivity index (χ1n) is 5.45. The maximum atomic E-state index is 8.77. The molecule has 0 aromatic carbocycles. The van der Waals surface area contributed by atoms with Crippen LogP contribution >= 0.6 is 0 Å². The van der Waals surface area contributed by atoms with Gasteiger partial charge >= 0.3 is 0 Å².